The smallest absolute Gasteiger partial charge is 0.303 e. The van der Waals surface area contributed by atoms with Crippen LogP contribution in [-0.4, -0.2) is 128 Å². The van der Waals surface area contributed by atoms with Gasteiger partial charge in [0, 0.05) is 55.6 Å². The fourth-order valence-electron chi connectivity index (χ4n) is 4.98. The van der Waals surface area contributed by atoms with Gasteiger partial charge in [-0.3, -0.25) is 38.4 Å². The average molecular weight is 713 g/mol. The van der Waals surface area contributed by atoms with E-state index in [1.165, 1.54) is 0 Å². The van der Waals surface area contributed by atoms with Crippen LogP contribution in [0.2, 0.25) is 0 Å². The lowest BCUT2D eigenvalue weighted by atomic mass is 9.91. The molecule has 48 heavy (non-hydrogen) atoms. The van der Waals surface area contributed by atoms with Crippen molar-refractivity contribution in [1.29, 1.82) is 0 Å². The van der Waals surface area contributed by atoms with Crippen molar-refractivity contribution >= 4 is 58.6 Å². The van der Waals surface area contributed by atoms with Crippen molar-refractivity contribution in [2.45, 2.75) is 109 Å². The van der Waals surface area contributed by atoms with Crippen molar-refractivity contribution in [3.05, 3.63) is 0 Å². The number of rotatable bonds is 13. The van der Waals surface area contributed by atoms with Crippen LogP contribution in [0.1, 0.15) is 48.5 Å². The number of halogens is 1. The molecule has 0 unspecified atom stereocenters. The molecule has 0 spiro atoms. The molecule has 0 amide bonds. The number of carbonyl (C=O) groups is 8. The van der Waals surface area contributed by atoms with Gasteiger partial charge in [0.2, 0.25) is 6.10 Å². The van der Waals surface area contributed by atoms with Crippen molar-refractivity contribution in [2.24, 2.45) is 0 Å². The molecule has 2 rings (SSSR count). The molecule has 19 nitrogen and oxygen atoms in total. The zero-order valence-electron chi connectivity index (χ0n) is 27.2. The third kappa shape index (κ3) is 10.5. The lowest BCUT2D eigenvalue weighted by Crippen LogP contribution is -2.71. The Morgan fingerprint density at radius 2 is 1.00 bits per heavy atom. The van der Waals surface area contributed by atoms with E-state index in [-0.39, 0.29) is 0 Å². The molecule has 0 aliphatic carbocycles. The second-order valence-corrected chi connectivity index (χ2v) is 10.7. The SMILES string of the molecule is CO[C@H]1O[C@H](CO[C@@]2(C(=O)Cl)O[C@H](COC(C)=O)[C@@H](OC(C)=O)[C@H](OC(C)=O)[C@@H]2OC(C)=O)[C@@H](OC(C)=O)[C@H](OC(C)=O)[C@H]1OC(C)=O. The zero-order chi connectivity index (χ0) is 36.5. The number of methoxy groups -OCH3 is 1. The summed E-state index contributed by atoms with van der Waals surface area (Å²) in [4.78, 5) is 97.8. The number of carbonyl (C=O) groups excluding carboxylic acids is 8. The summed E-state index contributed by atoms with van der Waals surface area (Å²) < 4.78 is 59.8. The van der Waals surface area contributed by atoms with Crippen molar-refractivity contribution in [2.75, 3.05) is 20.3 Å². The van der Waals surface area contributed by atoms with Gasteiger partial charge in [-0.1, -0.05) is 0 Å². The normalized spacial score (nSPS) is 31.3. The largest absolute Gasteiger partial charge is 0.463 e. The Morgan fingerprint density at radius 1 is 0.562 bits per heavy atom. The van der Waals surface area contributed by atoms with Gasteiger partial charge in [0.25, 0.3) is 11.0 Å². The van der Waals surface area contributed by atoms with Crippen LogP contribution in [0.15, 0.2) is 0 Å². The van der Waals surface area contributed by atoms with Gasteiger partial charge >= 0.3 is 41.8 Å². The number of ether oxygens (including phenoxy) is 11. The van der Waals surface area contributed by atoms with Crippen LogP contribution in [0, 0.1) is 0 Å². The van der Waals surface area contributed by atoms with Gasteiger partial charge in [-0.25, -0.2) is 0 Å². The molecule has 0 radical (unpaired) electrons. The summed E-state index contributed by atoms with van der Waals surface area (Å²) >= 11 is 6.03. The molecular weight excluding hydrogens is 676 g/mol. The molecule has 0 aromatic rings. The summed E-state index contributed by atoms with van der Waals surface area (Å²) in [5, 5.41) is -1.52. The monoisotopic (exact) mass is 712 g/mol. The molecular formula is C28H37ClO19. The summed E-state index contributed by atoms with van der Waals surface area (Å²) in [5.41, 5.74) is 0. The maximum Gasteiger partial charge on any atom is 0.303 e. The standard InChI is InChI=1S/C28H37ClO19/c1-11(30)39-9-19-21(42-13(3)32)23(44-15(5)34)25(46-17(7)36)28(48-19,27(29)37)40-10-18-20(41-12(2)31)22(43-14(4)33)24(45-16(6)35)26(38-8)47-18/h18-26H,9-10H2,1-8H3/t18-,19-,20-,21-,22+,23+,24-,25+,26+,28-/m1/s1. The van der Waals surface area contributed by atoms with Crippen molar-refractivity contribution < 1.29 is 90.5 Å². The van der Waals surface area contributed by atoms with E-state index in [9.17, 15) is 38.4 Å². The minimum atomic E-state index is -2.94. The highest BCUT2D eigenvalue weighted by Gasteiger charge is 2.65. The zero-order valence-corrected chi connectivity index (χ0v) is 28.0. The van der Waals surface area contributed by atoms with E-state index >= 15 is 0 Å². The Kier molecular flexibility index (Phi) is 14.7. The molecule has 10 atom stereocenters. The van der Waals surface area contributed by atoms with Crippen molar-refractivity contribution in [3.63, 3.8) is 0 Å². The molecule has 20 heteroatoms. The molecule has 2 aliphatic heterocycles. The first-order chi connectivity index (χ1) is 22.3. The van der Waals surface area contributed by atoms with Gasteiger partial charge in [0.15, 0.2) is 36.8 Å². The van der Waals surface area contributed by atoms with Crippen LogP contribution in [0.4, 0.5) is 0 Å². The highest BCUT2D eigenvalue weighted by atomic mass is 35.5. The second kappa shape index (κ2) is 17.5. The lowest BCUT2D eigenvalue weighted by Gasteiger charge is -2.49. The van der Waals surface area contributed by atoms with Gasteiger partial charge in [0.1, 0.15) is 18.8 Å². The fourth-order valence-corrected chi connectivity index (χ4v) is 5.19. The predicted molar refractivity (Wildman–Crippen MR) is 150 cm³/mol. The maximum absolute atomic E-state index is 13.3. The van der Waals surface area contributed by atoms with Crippen LogP contribution in [0.3, 0.4) is 0 Å². The topological polar surface area (TPSA) is 238 Å². The van der Waals surface area contributed by atoms with E-state index < -0.39 is 121 Å². The molecule has 0 aromatic carbocycles. The molecule has 2 heterocycles. The molecule has 2 saturated heterocycles. The molecule has 0 saturated carbocycles. The third-order valence-electron chi connectivity index (χ3n) is 6.50. The van der Waals surface area contributed by atoms with Gasteiger partial charge in [0.05, 0.1) is 6.61 Å². The van der Waals surface area contributed by atoms with Crippen molar-refractivity contribution in [3.8, 4) is 0 Å². The van der Waals surface area contributed by atoms with Crippen LogP contribution in [-0.2, 0) is 90.5 Å². The van der Waals surface area contributed by atoms with Gasteiger partial charge in [-0.2, -0.15) is 0 Å². The minimum Gasteiger partial charge on any atom is -0.463 e. The summed E-state index contributed by atoms with van der Waals surface area (Å²) in [7, 11) is 1.15. The van der Waals surface area contributed by atoms with E-state index in [1.807, 2.05) is 0 Å². The van der Waals surface area contributed by atoms with Gasteiger partial charge in [-0.15, -0.1) is 0 Å². The summed E-state index contributed by atoms with van der Waals surface area (Å²) in [5.74, 6) is -9.45. The lowest BCUT2D eigenvalue weighted by molar-refractivity contribution is -0.359. The van der Waals surface area contributed by atoms with E-state index in [0.29, 0.717) is 0 Å². The molecule has 270 valence electrons. The minimum absolute atomic E-state index is 0.729. The van der Waals surface area contributed by atoms with Crippen LogP contribution in [0.25, 0.3) is 0 Å². The first-order valence-electron chi connectivity index (χ1n) is 14.2. The predicted octanol–water partition coefficient (Wildman–Crippen LogP) is -0.612. The Labute approximate surface area is 278 Å². The summed E-state index contributed by atoms with van der Waals surface area (Å²) in [6.07, 6.45) is -15.0. The van der Waals surface area contributed by atoms with Gasteiger partial charge in [-0.05, 0) is 11.6 Å². The summed E-state index contributed by atoms with van der Waals surface area (Å²) in [6.45, 7) is 5.37. The van der Waals surface area contributed by atoms with Gasteiger partial charge < -0.3 is 52.1 Å². The fraction of sp³-hybridized carbons (Fsp3) is 0.714. The molecule has 0 bridgehead atoms. The number of hydrogen-bond acceptors (Lipinski definition) is 19. The highest BCUT2D eigenvalue weighted by molar-refractivity contribution is 6.65. The van der Waals surface area contributed by atoms with Crippen LogP contribution in [0.5, 0.6) is 0 Å². The van der Waals surface area contributed by atoms with E-state index in [1.54, 1.807) is 0 Å². The Bertz CT molecular complexity index is 1250. The van der Waals surface area contributed by atoms with Crippen LogP contribution >= 0.6 is 11.6 Å². The molecule has 2 aliphatic rings. The maximum atomic E-state index is 13.3. The molecule has 0 aromatic heterocycles. The van der Waals surface area contributed by atoms with Crippen molar-refractivity contribution in [1.82, 2.24) is 0 Å². The number of hydrogen-bond donors (Lipinski definition) is 0. The Balaban J connectivity index is 2.72. The quantitative estimate of drug-likeness (QED) is 0.131. The molecule has 2 fully saturated rings. The Morgan fingerprint density at radius 3 is 1.44 bits per heavy atom. The summed E-state index contributed by atoms with van der Waals surface area (Å²) in [6, 6.07) is 0. The Hall–Kier alpha value is -3.91. The van der Waals surface area contributed by atoms with E-state index in [4.69, 9.17) is 63.7 Å². The third-order valence-corrected chi connectivity index (χ3v) is 6.77. The van der Waals surface area contributed by atoms with Crippen LogP contribution < -0.4 is 0 Å². The van der Waals surface area contributed by atoms with E-state index in [2.05, 4.69) is 0 Å². The average Bonchev–Trinajstić information content (AvgIpc) is 2.94. The first-order valence-corrected chi connectivity index (χ1v) is 14.6. The first kappa shape index (κ1) is 40.3. The second-order valence-electron chi connectivity index (χ2n) is 10.4. The highest BCUT2D eigenvalue weighted by Crippen LogP contribution is 2.40. The number of esters is 7. The van der Waals surface area contributed by atoms with E-state index in [0.717, 1.165) is 55.6 Å². The molecule has 0 N–H and O–H groups in total.